The van der Waals surface area contributed by atoms with Gasteiger partial charge in [-0.2, -0.15) is 8.78 Å². The first-order valence-electron chi connectivity index (χ1n) is 12.1. The lowest BCUT2D eigenvalue weighted by atomic mass is 9.87. The summed E-state index contributed by atoms with van der Waals surface area (Å²) in [5.41, 5.74) is -0.816. The topological polar surface area (TPSA) is 115 Å². The van der Waals surface area contributed by atoms with Gasteiger partial charge in [-0.05, 0) is 55.9 Å². The van der Waals surface area contributed by atoms with Crippen LogP contribution in [-0.4, -0.2) is 52.8 Å². The van der Waals surface area contributed by atoms with E-state index in [1.165, 1.54) is 19.2 Å². The lowest BCUT2D eigenvalue weighted by molar-refractivity contribution is -0.0498. The number of methoxy groups -OCH3 is 1. The van der Waals surface area contributed by atoms with Crippen LogP contribution in [-0.2, 0) is 0 Å². The van der Waals surface area contributed by atoms with Gasteiger partial charge in [0.1, 0.15) is 22.9 Å². The third-order valence-corrected chi connectivity index (χ3v) is 6.34. The van der Waals surface area contributed by atoms with Crippen molar-refractivity contribution in [3.05, 3.63) is 65.5 Å². The van der Waals surface area contributed by atoms with Crippen LogP contribution in [0.4, 0.5) is 23.5 Å². The number of rotatable bonds is 9. The molecule has 0 unspecified atom stereocenters. The molecule has 1 aliphatic rings. The molecule has 1 aliphatic carbocycles. The van der Waals surface area contributed by atoms with Crippen LogP contribution in [0.1, 0.15) is 46.5 Å². The van der Waals surface area contributed by atoms with Crippen LogP contribution in [0.15, 0.2) is 42.6 Å². The Bertz CT molecular complexity index is 1300. The van der Waals surface area contributed by atoms with Crippen molar-refractivity contribution >= 4 is 17.8 Å². The normalized spacial score (nSPS) is 17.1. The third kappa shape index (κ3) is 6.85. The molecule has 208 valence electrons. The largest absolute Gasteiger partial charge is 0.497 e. The average Bonchev–Trinajstić information content (AvgIpc) is 3.30. The Balaban J connectivity index is 1.60. The number of carbonyl (C=O) groups excluding carboxylic acids is 2. The number of nitrogens with zero attached hydrogens (tertiary/aromatic N) is 2. The highest BCUT2D eigenvalue weighted by atomic mass is 19.3. The van der Waals surface area contributed by atoms with Crippen LogP contribution in [0.25, 0.3) is 5.69 Å². The number of ether oxygens (including phenoxy) is 2. The van der Waals surface area contributed by atoms with Crippen molar-refractivity contribution in [1.82, 2.24) is 14.9 Å². The number of aliphatic hydroxyl groups is 1. The van der Waals surface area contributed by atoms with E-state index in [9.17, 15) is 32.3 Å². The second-order valence-electron chi connectivity index (χ2n) is 9.00. The van der Waals surface area contributed by atoms with Crippen LogP contribution in [0, 0.1) is 17.6 Å². The van der Waals surface area contributed by atoms with Gasteiger partial charge in [-0.1, -0.05) is 0 Å². The van der Waals surface area contributed by atoms with Gasteiger partial charge < -0.3 is 19.9 Å². The molecule has 0 radical (unpaired) electrons. The summed E-state index contributed by atoms with van der Waals surface area (Å²) in [5.74, 6) is -3.94. The van der Waals surface area contributed by atoms with E-state index in [4.69, 9.17) is 4.74 Å². The fourth-order valence-electron chi connectivity index (χ4n) is 4.28. The molecule has 1 heterocycles. The number of anilines is 1. The number of aromatic nitrogens is 2. The lowest BCUT2D eigenvalue weighted by Crippen LogP contribution is -2.32. The molecule has 1 aromatic heterocycles. The van der Waals surface area contributed by atoms with Gasteiger partial charge in [0.2, 0.25) is 5.95 Å². The van der Waals surface area contributed by atoms with Crippen molar-refractivity contribution in [3.8, 4) is 17.2 Å². The second-order valence-corrected chi connectivity index (χ2v) is 9.00. The fraction of sp³-hybridized carbons (Fsp3) is 0.346. The summed E-state index contributed by atoms with van der Waals surface area (Å²) < 4.78 is 64.7. The van der Waals surface area contributed by atoms with Gasteiger partial charge in [0.15, 0.2) is 11.6 Å². The minimum Gasteiger partial charge on any atom is -0.497 e. The number of hydrogen-bond acceptors (Lipinski definition) is 6. The Labute approximate surface area is 220 Å². The molecule has 13 heteroatoms. The molecule has 3 aromatic rings. The Morgan fingerprint density at radius 2 is 1.69 bits per heavy atom. The Morgan fingerprint density at radius 1 is 1.05 bits per heavy atom. The van der Waals surface area contributed by atoms with Gasteiger partial charge in [0.05, 0.1) is 13.2 Å². The highest BCUT2D eigenvalue weighted by Gasteiger charge is 2.24. The summed E-state index contributed by atoms with van der Waals surface area (Å²) in [7, 11) is 1.24. The maximum atomic E-state index is 14.9. The van der Waals surface area contributed by atoms with Crippen molar-refractivity contribution in [3.63, 3.8) is 0 Å². The number of nitrogens with one attached hydrogen (secondary N) is 2. The van der Waals surface area contributed by atoms with E-state index in [1.807, 2.05) is 0 Å². The van der Waals surface area contributed by atoms with Gasteiger partial charge in [0, 0.05) is 30.4 Å². The molecule has 1 fully saturated rings. The summed E-state index contributed by atoms with van der Waals surface area (Å²) in [6, 6.07) is 6.60. The molecule has 0 bridgehead atoms. The quantitative estimate of drug-likeness (QED) is 0.343. The van der Waals surface area contributed by atoms with Crippen LogP contribution in [0.5, 0.6) is 11.5 Å². The number of hydrogen-bond donors (Lipinski definition) is 3. The van der Waals surface area contributed by atoms with Crippen LogP contribution >= 0.6 is 0 Å². The summed E-state index contributed by atoms with van der Waals surface area (Å²) in [6.45, 7) is -2.72. The van der Waals surface area contributed by atoms with E-state index in [-0.39, 0.29) is 40.7 Å². The smallest absolute Gasteiger partial charge is 0.387 e. The van der Waals surface area contributed by atoms with E-state index >= 15 is 0 Å². The molecule has 0 saturated heterocycles. The minimum atomic E-state index is -3.04. The standard InChI is InChI=1S/C26H26F4N4O5/c1-38-18-10-19(27)22(20(28)11-18)34-13-21(24(37)31-12-14-2-6-16(35)7-3-14)32-26(34)33-23(36)15-4-8-17(9-5-15)39-25(29)30/h4-5,8-11,13-14,16,25,35H,2-3,6-7,12H2,1H3,(H,31,37)(H,32,33,36). The number of halogens is 4. The van der Waals surface area contributed by atoms with Crippen molar-refractivity contribution in [1.29, 1.82) is 0 Å². The first-order valence-corrected chi connectivity index (χ1v) is 12.1. The van der Waals surface area contributed by atoms with Crippen LogP contribution in [0.3, 0.4) is 0 Å². The first kappa shape index (κ1) is 27.9. The lowest BCUT2D eigenvalue weighted by Gasteiger charge is -2.25. The summed E-state index contributed by atoms with van der Waals surface area (Å²) in [4.78, 5) is 29.8. The number of amides is 2. The predicted molar refractivity (Wildman–Crippen MR) is 131 cm³/mol. The molecule has 0 spiro atoms. The van der Waals surface area contributed by atoms with E-state index in [0.717, 1.165) is 47.9 Å². The maximum Gasteiger partial charge on any atom is 0.387 e. The molecule has 0 atom stereocenters. The number of imidazole rings is 1. The molecule has 39 heavy (non-hydrogen) atoms. The predicted octanol–water partition coefficient (Wildman–Crippen LogP) is 4.29. The molecule has 1 saturated carbocycles. The van der Waals surface area contributed by atoms with Crippen molar-refractivity contribution in [2.75, 3.05) is 19.0 Å². The molecule has 4 rings (SSSR count). The Morgan fingerprint density at radius 3 is 2.28 bits per heavy atom. The number of aliphatic hydroxyl groups excluding tert-OH is 1. The molecule has 2 amide bonds. The zero-order valence-electron chi connectivity index (χ0n) is 20.8. The summed E-state index contributed by atoms with van der Waals surface area (Å²) >= 11 is 0. The Hall–Kier alpha value is -4.13. The van der Waals surface area contributed by atoms with E-state index < -0.39 is 35.7 Å². The third-order valence-electron chi connectivity index (χ3n) is 6.34. The van der Waals surface area contributed by atoms with Gasteiger partial charge >= 0.3 is 6.61 Å². The zero-order valence-corrected chi connectivity index (χ0v) is 20.8. The number of alkyl halides is 2. The highest BCUT2D eigenvalue weighted by molar-refractivity contribution is 6.04. The van der Waals surface area contributed by atoms with E-state index in [0.29, 0.717) is 19.4 Å². The Kier molecular flexibility index (Phi) is 8.69. The number of carbonyl (C=O) groups is 2. The van der Waals surface area contributed by atoms with Crippen LogP contribution < -0.4 is 20.1 Å². The molecule has 0 aliphatic heterocycles. The maximum absolute atomic E-state index is 14.9. The minimum absolute atomic E-state index is 0.00679. The van der Waals surface area contributed by atoms with Crippen molar-refractivity contribution in [2.45, 2.75) is 38.4 Å². The highest BCUT2D eigenvalue weighted by Crippen LogP contribution is 2.28. The monoisotopic (exact) mass is 550 g/mol. The summed E-state index contributed by atoms with van der Waals surface area (Å²) in [5, 5.41) is 14.8. The van der Waals surface area contributed by atoms with Crippen LogP contribution in [0.2, 0.25) is 0 Å². The molecule has 9 nitrogen and oxygen atoms in total. The molecule has 3 N–H and O–H groups in total. The molecular weight excluding hydrogens is 524 g/mol. The second kappa shape index (κ2) is 12.2. The van der Waals surface area contributed by atoms with E-state index in [2.05, 4.69) is 20.4 Å². The first-order chi connectivity index (χ1) is 18.6. The van der Waals surface area contributed by atoms with Gasteiger partial charge in [-0.3, -0.25) is 19.5 Å². The average molecular weight is 551 g/mol. The molecular formula is C26H26F4N4O5. The van der Waals surface area contributed by atoms with Gasteiger partial charge in [0.25, 0.3) is 11.8 Å². The van der Waals surface area contributed by atoms with Gasteiger partial charge in [-0.15, -0.1) is 0 Å². The zero-order chi connectivity index (χ0) is 28.1. The van der Waals surface area contributed by atoms with E-state index in [1.54, 1.807) is 0 Å². The summed E-state index contributed by atoms with van der Waals surface area (Å²) in [6.07, 6.45) is 3.48. The SMILES string of the molecule is COc1cc(F)c(-n2cc(C(=O)NCC3CCC(O)CC3)nc2NC(=O)c2ccc(OC(F)F)cc2)c(F)c1. The van der Waals surface area contributed by atoms with Crippen molar-refractivity contribution in [2.24, 2.45) is 5.92 Å². The van der Waals surface area contributed by atoms with Crippen molar-refractivity contribution < 1.29 is 41.7 Å². The van der Waals surface area contributed by atoms with Gasteiger partial charge in [-0.25, -0.2) is 13.8 Å². The molecule has 2 aromatic carbocycles. The fourth-order valence-corrected chi connectivity index (χ4v) is 4.28. The number of benzene rings is 2.